The SMILES string of the molecule is CCc1nc2ccccc2c(=O)n1/N=[N+](\CC)[N-]c1ccccc1. The Morgan fingerprint density at radius 3 is 2.50 bits per heavy atom. The van der Waals surface area contributed by atoms with Crippen LogP contribution < -0.4 is 5.56 Å². The van der Waals surface area contributed by atoms with Crippen LogP contribution in [0, 0.1) is 0 Å². The van der Waals surface area contributed by atoms with E-state index in [-0.39, 0.29) is 5.56 Å². The molecule has 3 rings (SSSR count). The molecule has 0 aliphatic heterocycles. The molecule has 122 valence electrons. The molecule has 3 aromatic rings. The molecule has 6 heteroatoms. The number of hydrogen-bond donors (Lipinski definition) is 0. The van der Waals surface area contributed by atoms with Crippen LogP contribution in [0.25, 0.3) is 16.3 Å². The van der Waals surface area contributed by atoms with Gasteiger partial charge in [0.05, 0.1) is 17.4 Å². The zero-order chi connectivity index (χ0) is 16.9. The summed E-state index contributed by atoms with van der Waals surface area (Å²) in [5.41, 5.74) is 5.74. The summed E-state index contributed by atoms with van der Waals surface area (Å²) in [6, 6.07) is 16.8. The zero-order valence-corrected chi connectivity index (χ0v) is 13.8. The van der Waals surface area contributed by atoms with Crippen molar-refractivity contribution < 1.29 is 4.81 Å². The molecular weight excluding hydrogens is 302 g/mol. The largest absolute Gasteiger partial charge is 0.351 e. The number of nitrogens with zero attached hydrogens (tertiary/aromatic N) is 5. The molecule has 0 amide bonds. The molecule has 2 aromatic carbocycles. The van der Waals surface area contributed by atoms with Gasteiger partial charge in [-0.05, 0) is 24.7 Å². The van der Waals surface area contributed by atoms with Gasteiger partial charge in [0.15, 0.2) is 0 Å². The van der Waals surface area contributed by atoms with Crippen molar-refractivity contribution in [3.63, 3.8) is 0 Å². The van der Waals surface area contributed by atoms with E-state index in [1.54, 1.807) is 6.07 Å². The van der Waals surface area contributed by atoms with Crippen molar-refractivity contribution in [2.75, 3.05) is 6.54 Å². The number of aromatic nitrogens is 2. The van der Waals surface area contributed by atoms with Crippen molar-refractivity contribution in [1.82, 2.24) is 9.66 Å². The second-order valence-electron chi connectivity index (χ2n) is 5.23. The van der Waals surface area contributed by atoms with Gasteiger partial charge >= 0.3 is 5.56 Å². The first-order valence-corrected chi connectivity index (χ1v) is 7.99. The van der Waals surface area contributed by atoms with Crippen LogP contribution in [0.1, 0.15) is 19.7 Å². The van der Waals surface area contributed by atoms with Gasteiger partial charge < -0.3 is 0 Å². The third-order valence-corrected chi connectivity index (χ3v) is 3.60. The summed E-state index contributed by atoms with van der Waals surface area (Å²) < 4.78 is 1.35. The highest BCUT2D eigenvalue weighted by Crippen LogP contribution is 2.17. The molecule has 0 fully saturated rings. The highest BCUT2D eigenvalue weighted by molar-refractivity contribution is 5.77. The predicted molar refractivity (Wildman–Crippen MR) is 93.5 cm³/mol. The fourth-order valence-corrected chi connectivity index (χ4v) is 2.38. The normalized spacial score (nSPS) is 11.7. The fraction of sp³-hybridized carbons (Fsp3) is 0.222. The molecular formula is C18H19N5O. The molecule has 0 N–H and O–H groups in total. The van der Waals surface area contributed by atoms with Gasteiger partial charge in [-0.1, -0.05) is 49.4 Å². The van der Waals surface area contributed by atoms with Crippen LogP contribution in [-0.4, -0.2) is 21.0 Å². The molecule has 0 aliphatic rings. The maximum absolute atomic E-state index is 12.8. The number of rotatable bonds is 5. The molecule has 0 aliphatic carbocycles. The lowest BCUT2D eigenvalue weighted by molar-refractivity contribution is -0.544. The van der Waals surface area contributed by atoms with Crippen LogP contribution in [0.3, 0.4) is 0 Å². The Bertz CT molecular complexity index is 931. The predicted octanol–water partition coefficient (Wildman–Crippen LogP) is 3.83. The monoisotopic (exact) mass is 321 g/mol. The summed E-state index contributed by atoms with van der Waals surface area (Å²) in [5, 5.41) is 4.95. The highest BCUT2D eigenvalue weighted by atomic mass is 16.1. The number of hydrogen-bond acceptors (Lipinski definition) is 3. The third kappa shape index (κ3) is 3.17. The average molecular weight is 321 g/mol. The van der Waals surface area contributed by atoms with E-state index < -0.39 is 0 Å². The Labute approximate surface area is 140 Å². The number of benzene rings is 2. The molecule has 0 atom stereocenters. The highest BCUT2D eigenvalue weighted by Gasteiger charge is 2.12. The van der Waals surface area contributed by atoms with Gasteiger partial charge in [-0.15, -0.1) is 9.90 Å². The van der Waals surface area contributed by atoms with E-state index in [2.05, 4.69) is 15.6 Å². The third-order valence-electron chi connectivity index (χ3n) is 3.60. The fourth-order valence-electron chi connectivity index (χ4n) is 2.38. The van der Waals surface area contributed by atoms with E-state index >= 15 is 0 Å². The van der Waals surface area contributed by atoms with E-state index in [0.717, 1.165) is 5.69 Å². The second kappa shape index (κ2) is 7.04. The molecule has 0 saturated heterocycles. The minimum atomic E-state index is -0.181. The van der Waals surface area contributed by atoms with Gasteiger partial charge in [0, 0.05) is 6.42 Å². The quantitative estimate of drug-likeness (QED) is 0.407. The first-order valence-electron chi connectivity index (χ1n) is 7.99. The van der Waals surface area contributed by atoms with Crippen LogP contribution in [0.5, 0.6) is 0 Å². The first kappa shape index (κ1) is 15.9. The van der Waals surface area contributed by atoms with E-state index in [1.165, 1.54) is 9.48 Å². The van der Waals surface area contributed by atoms with E-state index in [9.17, 15) is 4.79 Å². The van der Waals surface area contributed by atoms with Gasteiger partial charge in [-0.25, -0.2) is 14.6 Å². The lowest BCUT2D eigenvalue weighted by atomic mass is 10.2. The Morgan fingerprint density at radius 2 is 1.79 bits per heavy atom. The van der Waals surface area contributed by atoms with Gasteiger partial charge in [0.1, 0.15) is 0 Å². The Kier molecular flexibility index (Phi) is 4.65. The van der Waals surface area contributed by atoms with Gasteiger partial charge in [-0.2, -0.15) is 0 Å². The molecule has 1 heterocycles. The van der Waals surface area contributed by atoms with Crippen LogP contribution in [-0.2, 0) is 6.42 Å². The van der Waals surface area contributed by atoms with Gasteiger partial charge in [-0.3, -0.25) is 5.43 Å². The number of aryl methyl sites for hydroxylation is 1. The van der Waals surface area contributed by atoms with Crippen molar-refractivity contribution in [1.29, 1.82) is 0 Å². The van der Waals surface area contributed by atoms with Crippen molar-refractivity contribution in [2.24, 2.45) is 5.22 Å². The van der Waals surface area contributed by atoms with Gasteiger partial charge in [0.2, 0.25) is 5.82 Å². The van der Waals surface area contributed by atoms with Crippen molar-refractivity contribution >= 4 is 16.6 Å². The molecule has 0 radical (unpaired) electrons. The average Bonchev–Trinajstić information content (AvgIpc) is 2.63. The Balaban J connectivity index is 2.09. The standard InChI is InChI=1S/C18H19N5O/c1-3-17-19-16-13-9-8-12-15(16)18(24)23(17)21-22(4-2)20-14-10-6-5-7-11-14/h5-13H,3-4H2,1-2H3. The minimum Gasteiger partial charge on any atom is -0.277 e. The Hall–Kier alpha value is -3.02. The molecule has 6 nitrogen and oxygen atoms in total. The molecule has 24 heavy (non-hydrogen) atoms. The summed E-state index contributed by atoms with van der Waals surface area (Å²) in [6.45, 7) is 4.42. The summed E-state index contributed by atoms with van der Waals surface area (Å²) in [7, 11) is 0. The lowest BCUT2D eigenvalue weighted by Gasteiger charge is -2.15. The summed E-state index contributed by atoms with van der Waals surface area (Å²) in [4.78, 5) is 18.8. The van der Waals surface area contributed by atoms with Crippen LogP contribution in [0.4, 0.5) is 5.69 Å². The minimum absolute atomic E-state index is 0.181. The maximum atomic E-state index is 12.8. The zero-order valence-electron chi connectivity index (χ0n) is 13.8. The smallest absolute Gasteiger partial charge is 0.277 e. The molecule has 0 unspecified atom stereocenters. The summed E-state index contributed by atoms with van der Waals surface area (Å²) in [5.74, 6) is 0.611. The maximum Gasteiger partial charge on any atom is 0.351 e. The number of para-hydroxylation sites is 1. The summed E-state index contributed by atoms with van der Waals surface area (Å²) >= 11 is 0. The van der Waals surface area contributed by atoms with Crippen LogP contribution >= 0.6 is 0 Å². The van der Waals surface area contributed by atoms with E-state index in [4.69, 9.17) is 0 Å². The van der Waals surface area contributed by atoms with Crippen molar-refractivity contribution in [3.05, 3.63) is 76.2 Å². The lowest BCUT2D eigenvalue weighted by Crippen LogP contribution is -2.24. The van der Waals surface area contributed by atoms with E-state index in [0.29, 0.717) is 29.7 Å². The van der Waals surface area contributed by atoms with Crippen molar-refractivity contribution in [3.8, 4) is 0 Å². The molecule has 0 bridgehead atoms. The molecule has 0 saturated carbocycles. The Morgan fingerprint density at radius 1 is 1.08 bits per heavy atom. The first-order chi connectivity index (χ1) is 11.7. The second-order valence-corrected chi connectivity index (χ2v) is 5.23. The van der Waals surface area contributed by atoms with Crippen LogP contribution in [0.15, 0.2) is 64.6 Å². The van der Waals surface area contributed by atoms with Gasteiger partial charge in [0.25, 0.3) is 0 Å². The van der Waals surface area contributed by atoms with E-state index in [1.807, 2.05) is 62.4 Å². The number of fused-ring (bicyclic) bond motifs is 1. The summed E-state index contributed by atoms with van der Waals surface area (Å²) in [6.07, 6.45) is 0.604. The topological polar surface area (TPSA) is 64.4 Å². The van der Waals surface area contributed by atoms with Crippen LogP contribution in [0.2, 0.25) is 0 Å². The van der Waals surface area contributed by atoms with Crippen molar-refractivity contribution in [2.45, 2.75) is 20.3 Å². The molecule has 0 spiro atoms. The molecule has 1 aromatic heterocycles.